The number of hydrogen-bond acceptors (Lipinski definition) is 5. The van der Waals surface area contributed by atoms with Crippen LogP contribution in [0.5, 0.6) is 0 Å². The summed E-state index contributed by atoms with van der Waals surface area (Å²) >= 11 is 0. The summed E-state index contributed by atoms with van der Waals surface area (Å²) in [5.41, 5.74) is 14.4. The van der Waals surface area contributed by atoms with Crippen LogP contribution in [0.3, 0.4) is 0 Å². The van der Waals surface area contributed by atoms with E-state index in [1.165, 1.54) is 27.8 Å². The number of aromatic nitrogens is 4. The molecule has 0 amide bonds. The van der Waals surface area contributed by atoms with Crippen molar-refractivity contribution in [2.45, 2.75) is 27.7 Å². The van der Waals surface area contributed by atoms with Gasteiger partial charge < -0.3 is 14.4 Å². The molecular weight excluding hydrogens is 817 g/mol. The van der Waals surface area contributed by atoms with E-state index in [2.05, 4.69) is 126 Å². The molecule has 9 aromatic rings. The van der Waals surface area contributed by atoms with Gasteiger partial charge in [0.1, 0.15) is 0 Å². The van der Waals surface area contributed by atoms with E-state index in [0.717, 1.165) is 66.5 Å². The van der Waals surface area contributed by atoms with Crippen molar-refractivity contribution in [2.75, 3.05) is 0 Å². The second-order valence-corrected chi connectivity index (χ2v) is 12.8. The molecule has 5 heterocycles. The molecule has 0 bridgehead atoms. The Hall–Kier alpha value is -5.81. The molecule has 0 atom stereocenters. The summed E-state index contributed by atoms with van der Waals surface area (Å²) in [6.45, 7) is 8.29. The minimum absolute atomic E-state index is 0. The molecule has 0 aliphatic carbocycles. The van der Waals surface area contributed by atoms with E-state index >= 15 is 0 Å². The molecule has 0 spiro atoms. The fourth-order valence-electron chi connectivity index (χ4n) is 6.33. The van der Waals surface area contributed by atoms with Gasteiger partial charge in [-0.3, -0.25) is 4.98 Å². The average molecular weight is 851 g/mol. The Balaban J connectivity index is 0.000000169. The van der Waals surface area contributed by atoms with Crippen molar-refractivity contribution >= 4 is 32.8 Å². The number of benzene rings is 4. The topological polar surface area (TPSA) is 64.7 Å². The standard InChI is InChI=1S/C26H16N3O.C20H18N.Ir/c1-16-5-8-22-21-3-2-4-23(25(21)30-26(22)29-16)24-14-19(10-12-28-24)17-6-7-20-15-27-11-9-18(20)13-17;1-14-9-10-18(20-11-15(2)16(3)13-21-20)12-19(14)17-7-5-4-6-8-17;/h2-3,5-15H,1H3;4-9,11-13H,1-3H3;/q2*-1;. The molecule has 6 heteroatoms. The van der Waals surface area contributed by atoms with Crippen LogP contribution in [-0.4, -0.2) is 19.9 Å². The summed E-state index contributed by atoms with van der Waals surface area (Å²) in [7, 11) is 0. The third-order valence-electron chi connectivity index (χ3n) is 9.32. The van der Waals surface area contributed by atoms with Crippen LogP contribution in [0.15, 0.2) is 138 Å². The molecule has 5 aromatic heterocycles. The zero-order valence-corrected chi connectivity index (χ0v) is 31.6. The molecule has 0 fully saturated rings. The molecule has 0 N–H and O–H groups in total. The third kappa shape index (κ3) is 6.91. The molecule has 255 valence electrons. The Morgan fingerprint density at radius 1 is 0.596 bits per heavy atom. The molecule has 4 aromatic carbocycles. The summed E-state index contributed by atoms with van der Waals surface area (Å²) in [5, 5.41) is 4.31. The maximum Gasteiger partial charge on any atom is 0.216 e. The summed E-state index contributed by atoms with van der Waals surface area (Å²) in [6, 6.07) is 44.0. The van der Waals surface area contributed by atoms with Crippen molar-refractivity contribution in [1.29, 1.82) is 0 Å². The average Bonchev–Trinajstić information content (AvgIpc) is 3.54. The van der Waals surface area contributed by atoms with Gasteiger partial charge in [-0.05, 0) is 90.1 Å². The van der Waals surface area contributed by atoms with Crippen molar-refractivity contribution in [3.63, 3.8) is 0 Å². The molecule has 5 nitrogen and oxygen atoms in total. The maximum absolute atomic E-state index is 6.13. The number of hydrogen-bond donors (Lipinski definition) is 0. The zero-order chi connectivity index (χ0) is 34.9. The summed E-state index contributed by atoms with van der Waals surface area (Å²) in [4.78, 5) is 17.9. The fraction of sp³-hybridized carbons (Fsp3) is 0.0870. The number of fused-ring (bicyclic) bond motifs is 4. The first-order chi connectivity index (χ1) is 24.9. The van der Waals surface area contributed by atoms with E-state index in [-0.39, 0.29) is 20.1 Å². The summed E-state index contributed by atoms with van der Waals surface area (Å²) in [5.74, 6) is 0. The van der Waals surface area contributed by atoms with Crippen LogP contribution in [0, 0.1) is 39.8 Å². The van der Waals surface area contributed by atoms with Gasteiger partial charge in [0.2, 0.25) is 5.71 Å². The van der Waals surface area contributed by atoms with E-state index in [4.69, 9.17) is 4.42 Å². The minimum atomic E-state index is 0. The van der Waals surface area contributed by atoms with Crippen molar-refractivity contribution in [2.24, 2.45) is 0 Å². The Bertz CT molecular complexity index is 2700. The number of nitrogens with zero attached hydrogens (tertiary/aromatic N) is 4. The number of rotatable bonds is 4. The summed E-state index contributed by atoms with van der Waals surface area (Å²) < 4.78 is 6.13. The van der Waals surface area contributed by atoms with Crippen LogP contribution in [0.4, 0.5) is 0 Å². The van der Waals surface area contributed by atoms with E-state index in [1.807, 2.05) is 68.1 Å². The fourth-order valence-corrected chi connectivity index (χ4v) is 6.33. The van der Waals surface area contributed by atoms with Crippen LogP contribution in [-0.2, 0) is 20.1 Å². The van der Waals surface area contributed by atoms with E-state index in [1.54, 1.807) is 0 Å². The van der Waals surface area contributed by atoms with Crippen LogP contribution in [0.2, 0.25) is 0 Å². The van der Waals surface area contributed by atoms with Gasteiger partial charge in [0.15, 0.2) is 0 Å². The van der Waals surface area contributed by atoms with Crippen LogP contribution in [0.25, 0.3) is 77.6 Å². The van der Waals surface area contributed by atoms with E-state index < -0.39 is 0 Å². The normalized spacial score (nSPS) is 10.9. The SMILES string of the molecule is Cc1ccc2c(n1)oc1c(-c3cc(-c4ccc5cnccc5c4)ccn3)[c-]ccc12.Cc1cnc(-c2[c-]cc(C)c(-c3ccccc3)c2)cc1C.[Ir]. The first kappa shape index (κ1) is 34.6. The monoisotopic (exact) mass is 851 g/mol. The van der Waals surface area contributed by atoms with Gasteiger partial charge in [0, 0.05) is 61.4 Å². The largest absolute Gasteiger partial charge is 0.486 e. The molecule has 0 saturated heterocycles. The van der Waals surface area contributed by atoms with Gasteiger partial charge >= 0.3 is 0 Å². The second kappa shape index (κ2) is 14.8. The molecule has 0 aliphatic rings. The Kier molecular flexibility index (Phi) is 9.86. The van der Waals surface area contributed by atoms with Crippen LogP contribution < -0.4 is 0 Å². The second-order valence-electron chi connectivity index (χ2n) is 12.8. The quantitative estimate of drug-likeness (QED) is 0.165. The Morgan fingerprint density at radius 2 is 1.44 bits per heavy atom. The number of aryl methyl sites for hydroxylation is 4. The molecule has 0 saturated carbocycles. The van der Waals surface area contributed by atoms with Gasteiger partial charge in [0.25, 0.3) is 0 Å². The molecule has 0 aliphatic heterocycles. The van der Waals surface area contributed by atoms with Gasteiger partial charge in [-0.25, -0.2) is 4.98 Å². The minimum Gasteiger partial charge on any atom is -0.486 e. The van der Waals surface area contributed by atoms with Crippen molar-refractivity contribution in [3.8, 4) is 44.8 Å². The van der Waals surface area contributed by atoms with Gasteiger partial charge in [-0.2, -0.15) is 0 Å². The van der Waals surface area contributed by atoms with E-state index in [9.17, 15) is 0 Å². The molecule has 52 heavy (non-hydrogen) atoms. The first-order valence-corrected chi connectivity index (χ1v) is 16.9. The van der Waals surface area contributed by atoms with Crippen molar-refractivity contribution in [1.82, 2.24) is 19.9 Å². The van der Waals surface area contributed by atoms with Crippen LogP contribution in [0.1, 0.15) is 22.4 Å². The Morgan fingerprint density at radius 3 is 2.29 bits per heavy atom. The van der Waals surface area contributed by atoms with Gasteiger partial charge in [-0.1, -0.05) is 83.6 Å². The van der Waals surface area contributed by atoms with Crippen molar-refractivity contribution < 1.29 is 24.5 Å². The zero-order valence-electron chi connectivity index (χ0n) is 29.2. The van der Waals surface area contributed by atoms with Crippen molar-refractivity contribution in [3.05, 3.63) is 168 Å². The predicted molar refractivity (Wildman–Crippen MR) is 207 cm³/mol. The number of pyridine rings is 4. The first-order valence-electron chi connectivity index (χ1n) is 16.9. The molecule has 9 rings (SSSR count). The predicted octanol–water partition coefficient (Wildman–Crippen LogP) is 11.5. The molecule has 0 unspecified atom stereocenters. The van der Waals surface area contributed by atoms with Gasteiger partial charge in [0.05, 0.1) is 5.58 Å². The smallest absolute Gasteiger partial charge is 0.216 e. The molecule has 1 radical (unpaired) electrons. The molecular formula is C46H34IrN4O-2. The third-order valence-corrected chi connectivity index (χ3v) is 9.32. The maximum atomic E-state index is 6.13. The summed E-state index contributed by atoms with van der Waals surface area (Å²) in [6.07, 6.45) is 7.46. The Labute approximate surface area is 316 Å². The van der Waals surface area contributed by atoms with Gasteiger partial charge in [-0.15, -0.1) is 47.5 Å². The number of furan rings is 1. The van der Waals surface area contributed by atoms with Crippen LogP contribution >= 0.6 is 0 Å². The van der Waals surface area contributed by atoms with E-state index in [0.29, 0.717) is 5.71 Å².